The summed E-state index contributed by atoms with van der Waals surface area (Å²) in [6, 6.07) is 0. The van der Waals surface area contributed by atoms with Crippen LogP contribution in [0.2, 0.25) is 0 Å². The van der Waals surface area contributed by atoms with Crippen LogP contribution in [0.1, 0.15) is 27.2 Å². The van der Waals surface area contributed by atoms with Crippen molar-refractivity contribution in [2.24, 2.45) is 5.92 Å². The molecule has 0 rings (SSSR count). The van der Waals surface area contributed by atoms with Crippen molar-refractivity contribution in [1.82, 2.24) is 10.2 Å². The molecule has 0 aliphatic heterocycles. The molecule has 1 atom stereocenters. The topological polar surface area (TPSA) is 15.3 Å². The van der Waals surface area contributed by atoms with Gasteiger partial charge >= 0.3 is 0 Å². The lowest BCUT2D eigenvalue weighted by molar-refractivity contribution is 0.300. The van der Waals surface area contributed by atoms with Crippen LogP contribution in [0.3, 0.4) is 0 Å². The fourth-order valence-corrected chi connectivity index (χ4v) is 1.47. The second-order valence-electron chi connectivity index (χ2n) is 4.24. The van der Waals surface area contributed by atoms with Gasteiger partial charge in [-0.15, -0.1) is 0 Å². The van der Waals surface area contributed by atoms with Crippen molar-refractivity contribution in [3.05, 3.63) is 12.2 Å². The molecule has 1 unspecified atom stereocenters. The van der Waals surface area contributed by atoms with E-state index in [0.29, 0.717) is 0 Å². The molecule has 1 N–H and O–H groups in total. The first kappa shape index (κ1) is 13.7. The molecule has 0 aromatic rings. The summed E-state index contributed by atoms with van der Waals surface area (Å²) in [5.74, 6) is 0.784. The van der Waals surface area contributed by atoms with Gasteiger partial charge in [-0.3, -0.25) is 0 Å². The van der Waals surface area contributed by atoms with Gasteiger partial charge in [0.15, 0.2) is 0 Å². The second kappa shape index (κ2) is 8.01. The summed E-state index contributed by atoms with van der Waals surface area (Å²) in [5, 5.41) is 3.29. The molecule has 0 aliphatic carbocycles. The van der Waals surface area contributed by atoms with Crippen LogP contribution in [0.5, 0.6) is 0 Å². The first-order chi connectivity index (χ1) is 6.60. The molecular weight excluding hydrogens is 172 g/mol. The van der Waals surface area contributed by atoms with Gasteiger partial charge in [-0.1, -0.05) is 33.8 Å². The zero-order valence-electron chi connectivity index (χ0n) is 10.3. The molecule has 0 fully saturated rings. The van der Waals surface area contributed by atoms with Gasteiger partial charge in [0, 0.05) is 19.6 Å². The zero-order chi connectivity index (χ0) is 11.0. The standard InChI is InChI=1S/C12H26N2/c1-6-11(3)9-14(5)10-12(4)8-13-7-2/h11,13H,4,6-10H2,1-3,5H3. The normalized spacial score (nSPS) is 13.2. The van der Waals surface area contributed by atoms with E-state index in [9.17, 15) is 0 Å². The van der Waals surface area contributed by atoms with Gasteiger partial charge in [0.2, 0.25) is 0 Å². The summed E-state index contributed by atoms with van der Waals surface area (Å²) in [4.78, 5) is 2.36. The van der Waals surface area contributed by atoms with E-state index in [1.54, 1.807) is 0 Å². The Labute approximate surface area is 89.4 Å². The maximum absolute atomic E-state index is 4.06. The van der Waals surface area contributed by atoms with Gasteiger partial charge in [-0.05, 0) is 25.1 Å². The van der Waals surface area contributed by atoms with E-state index in [2.05, 4.69) is 44.6 Å². The summed E-state index contributed by atoms with van der Waals surface area (Å²) in [6.45, 7) is 14.9. The van der Waals surface area contributed by atoms with Crippen molar-refractivity contribution in [3.63, 3.8) is 0 Å². The maximum Gasteiger partial charge on any atom is 0.0199 e. The highest BCUT2D eigenvalue weighted by molar-refractivity contribution is 4.99. The Bertz CT molecular complexity index is 154. The Morgan fingerprint density at radius 2 is 2.07 bits per heavy atom. The van der Waals surface area contributed by atoms with E-state index in [0.717, 1.165) is 25.6 Å². The maximum atomic E-state index is 4.06. The van der Waals surface area contributed by atoms with Crippen molar-refractivity contribution >= 4 is 0 Å². The number of likely N-dealkylation sites (N-methyl/N-ethyl adjacent to an activating group) is 2. The molecule has 0 radical (unpaired) electrons. The third-order valence-corrected chi connectivity index (χ3v) is 2.44. The highest BCUT2D eigenvalue weighted by Gasteiger charge is 2.05. The number of nitrogens with zero attached hydrogens (tertiary/aromatic N) is 1. The molecule has 14 heavy (non-hydrogen) atoms. The van der Waals surface area contributed by atoms with Crippen LogP contribution in [-0.2, 0) is 0 Å². The molecular formula is C12H26N2. The fourth-order valence-electron chi connectivity index (χ4n) is 1.47. The van der Waals surface area contributed by atoms with Gasteiger partial charge in [0.05, 0.1) is 0 Å². The van der Waals surface area contributed by atoms with Gasteiger partial charge < -0.3 is 10.2 Å². The average Bonchev–Trinajstić information content (AvgIpc) is 2.14. The van der Waals surface area contributed by atoms with E-state index in [1.165, 1.54) is 18.5 Å². The summed E-state index contributed by atoms with van der Waals surface area (Å²) >= 11 is 0. The summed E-state index contributed by atoms with van der Waals surface area (Å²) < 4.78 is 0. The van der Waals surface area contributed by atoms with Crippen molar-refractivity contribution in [2.75, 3.05) is 33.2 Å². The minimum absolute atomic E-state index is 0.784. The fraction of sp³-hybridized carbons (Fsp3) is 0.833. The van der Waals surface area contributed by atoms with Crippen molar-refractivity contribution in [3.8, 4) is 0 Å². The third-order valence-electron chi connectivity index (χ3n) is 2.44. The number of nitrogens with one attached hydrogen (secondary N) is 1. The molecule has 0 spiro atoms. The first-order valence-electron chi connectivity index (χ1n) is 5.66. The quantitative estimate of drug-likeness (QED) is 0.601. The number of hydrogen-bond acceptors (Lipinski definition) is 2. The highest BCUT2D eigenvalue weighted by Crippen LogP contribution is 2.03. The Kier molecular flexibility index (Phi) is 7.81. The lowest BCUT2D eigenvalue weighted by atomic mass is 10.1. The second-order valence-corrected chi connectivity index (χ2v) is 4.24. The molecule has 0 amide bonds. The zero-order valence-corrected chi connectivity index (χ0v) is 10.3. The molecule has 0 heterocycles. The van der Waals surface area contributed by atoms with Crippen molar-refractivity contribution < 1.29 is 0 Å². The Morgan fingerprint density at radius 1 is 1.43 bits per heavy atom. The van der Waals surface area contributed by atoms with E-state index in [-0.39, 0.29) is 0 Å². The lowest BCUT2D eigenvalue weighted by Crippen LogP contribution is -2.29. The number of rotatable bonds is 8. The predicted octanol–water partition coefficient (Wildman–Crippen LogP) is 2.13. The largest absolute Gasteiger partial charge is 0.313 e. The molecule has 0 saturated heterocycles. The van der Waals surface area contributed by atoms with E-state index < -0.39 is 0 Å². The predicted molar refractivity (Wildman–Crippen MR) is 64.6 cm³/mol. The van der Waals surface area contributed by atoms with Crippen molar-refractivity contribution in [2.45, 2.75) is 27.2 Å². The lowest BCUT2D eigenvalue weighted by Gasteiger charge is -2.21. The minimum Gasteiger partial charge on any atom is -0.313 e. The van der Waals surface area contributed by atoms with Crippen LogP contribution in [0.4, 0.5) is 0 Å². The van der Waals surface area contributed by atoms with Gasteiger partial charge in [-0.2, -0.15) is 0 Å². The minimum atomic E-state index is 0.784. The molecule has 0 aliphatic rings. The van der Waals surface area contributed by atoms with E-state index in [1.807, 2.05) is 0 Å². The molecule has 2 nitrogen and oxygen atoms in total. The van der Waals surface area contributed by atoms with Gasteiger partial charge in [0.25, 0.3) is 0 Å². The third kappa shape index (κ3) is 7.10. The van der Waals surface area contributed by atoms with E-state index >= 15 is 0 Å². The van der Waals surface area contributed by atoms with Crippen LogP contribution in [0.15, 0.2) is 12.2 Å². The smallest absolute Gasteiger partial charge is 0.0199 e. The van der Waals surface area contributed by atoms with Crippen LogP contribution in [-0.4, -0.2) is 38.1 Å². The SMILES string of the molecule is C=C(CNCC)CN(C)CC(C)CC. The van der Waals surface area contributed by atoms with Crippen LogP contribution in [0.25, 0.3) is 0 Å². The molecule has 0 bridgehead atoms. The Morgan fingerprint density at radius 3 is 2.57 bits per heavy atom. The molecule has 0 aromatic heterocycles. The van der Waals surface area contributed by atoms with Gasteiger partial charge in [-0.25, -0.2) is 0 Å². The average molecular weight is 198 g/mol. The van der Waals surface area contributed by atoms with Crippen LogP contribution >= 0.6 is 0 Å². The summed E-state index contributed by atoms with van der Waals surface area (Å²) in [5.41, 5.74) is 1.28. The van der Waals surface area contributed by atoms with Crippen LogP contribution in [0, 0.1) is 5.92 Å². The van der Waals surface area contributed by atoms with E-state index in [4.69, 9.17) is 0 Å². The Hall–Kier alpha value is -0.340. The molecule has 0 aromatic carbocycles. The molecule has 0 saturated carbocycles. The monoisotopic (exact) mass is 198 g/mol. The van der Waals surface area contributed by atoms with Crippen LogP contribution < -0.4 is 5.32 Å². The first-order valence-corrected chi connectivity index (χ1v) is 5.66. The van der Waals surface area contributed by atoms with Crippen molar-refractivity contribution in [1.29, 1.82) is 0 Å². The highest BCUT2D eigenvalue weighted by atomic mass is 15.1. The summed E-state index contributed by atoms with van der Waals surface area (Å²) in [7, 11) is 2.17. The Balaban J connectivity index is 3.60. The number of hydrogen-bond donors (Lipinski definition) is 1. The molecule has 2 heteroatoms. The summed E-state index contributed by atoms with van der Waals surface area (Å²) in [6.07, 6.45) is 1.25. The van der Waals surface area contributed by atoms with Gasteiger partial charge in [0.1, 0.15) is 0 Å². The molecule has 84 valence electrons.